The van der Waals surface area contributed by atoms with E-state index < -0.39 is 320 Å². The summed E-state index contributed by atoms with van der Waals surface area (Å²) in [5, 5.41) is 84.1. The first-order valence-corrected chi connectivity index (χ1v) is 49.6. The number of nitrogens with zero attached hydrogens (tertiary/aromatic N) is 4. The molecule has 5 heterocycles. The average Bonchev–Trinajstić information content (AvgIpc) is 1.67. The van der Waals surface area contributed by atoms with Gasteiger partial charge in [-0.1, -0.05) is 87.4 Å². The highest BCUT2D eigenvalue weighted by Gasteiger charge is 2.47. The van der Waals surface area contributed by atoms with Gasteiger partial charge in [-0.2, -0.15) is 0 Å². The van der Waals surface area contributed by atoms with Gasteiger partial charge >= 0.3 is 23.9 Å². The lowest BCUT2D eigenvalue weighted by molar-refractivity contribution is -0.145. The number of likely N-dealkylation sites (tertiary alicyclic amines) is 3. The lowest BCUT2D eigenvalue weighted by Gasteiger charge is -2.33. The molecule has 1 aromatic carbocycles. The molecule has 3 aliphatic heterocycles. The molecule has 0 bridgehead atoms. The highest BCUT2D eigenvalue weighted by molar-refractivity contribution is 6.04. The van der Waals surface area contributed by atoms with E-state index in [2.05, 4.69) is 89.4 Å². The van der Waals surface area contributed by atoms with Gasteiger partial charge in [0.2, 0.25) is 118 Å². The first-order chi connectivity index (χ1) is 70.1. The molecule has 3 aliphatic rings. The molecule has 6 rings (SSSR count). The molecule has 3 saturated heterocycles. The van der Waals surface area contributed by atoms with Gasteiger partial charge in [-0.25, -0.2) is 9.78 Å². The second-order valence-electron chi connectivity index (χ2n) is 39.5. The second-order valence-corrected chi connectivity index (χ2v) is 39.5. The van der Waals surface area contributed by atoms with Gasteiger partial charge in [-0.05, 0) is 138 Å². The predicted molar refractivity (Wildman–Crippen MR) is 527 cm³/mol. The van der Waals surface area contributed by atoms with Crippen LogP contribution in [0.3, 0.4) is 0 Å². The Kier molecular flexibility index (Phi) is 48.8. The molecule has 0 spiro atoms. The third-order valence-corrected chi connectivity index (χ3v) is 24.9. The number of aliphatic hydroxyl groups is 1. The van der Waals surface area contributed by atoms with E-state index in [4.69, 9.17) is 28.7 Å². The molecule has 20 amide bonds. The Morgan fingerprint density at radius 3 is 1.21 bits per heavy atom. The van der Waals surface area contributed by atoms with Crippen molar-refractivity contribution in [2.75, 3.05) is 32.8 Å². The number of hydrogen-bond donors (Lipinski definition) is 26. The number of hydrogen-bond acceptors (Lipinski definition) is 28. The fourth-order valence-corrected chi connectivity index (χ4v) is 17.5. The number of unbranched alkanes of at least 4 members (excludes halogenated alkanes) is 1. The van der Waals surface area contributed by atoms with E-state index in [1.807, 2.05) is 0 Å². The molecule has 0 radical (unpaired) electrons. The fraction of sp³-hybridized carbons (Fsp3) is 0.632. The zero-order chi connectivity index (χ0) is 111. The summed E-state index contributed by atoms with van der Waals surface area (Å²) in [6.45, 7) is 15.2. The quantitative estimate of drug-likeness (QED) is 0.0234. The second kappa shape index (κ2) is 59.2. The Morgan fingerprint density at radius 2 is 0.758 bits per heavy atom. The zero-order valence-electron chi connectivity index (χ0n) is 85.1. The predicted octanol–water partition coefficient (Wildman–Crippen LogP) is -6.75. The molecule has 3 aromatic rings. The SMILES string of the molecule is CC(C)C[C@H](NC(=O)[C@H](CO)NC(=O)[C@H](CCCCN)NC(=O)[C@@H](NC(=O)[C@H](CC(C)C)NC(=O)[C@H](CC(=O)O)NC(=O)[C@H](CCC(=O)O)NC(=O)[C@H](CC(N)=O)NC(=O)[C@H](CC(C)C)NC(=O)[C@H](Cc1c[nH]c2ccccc12)NC(=O)[C@@H]1CCCN1C(=O)[C@H](CC(N)=O)NC(=O)[C@@H]1CCCN1C(=O)[C@H](CC(C)C)NC(=O)[C@H](Cc1cnc[nH]1)NC(=O)[C@@H]1CCCN1C(=O)[C@H](CC(N)=O)NC(=O)[C@@H](N)CC(=O)O)C(C)C)C(=O)O. The van der Waals surface area contributed by atoms with Crippen molar-refractivity contribution in [1.82, 2.24) is 104 Å². The summed E-state index contributed by atoms with van der Waals surface area (Å²) in [5.74, 6) is -29.9. The van der Waals surface area contributed by atoms with Gasteiger partial charge in [0.1, 0.15) is 103 Å². The Labute approximate surface area is 858 Å². The highest BCUT2D eigenvalue weighted by Crippen LogP contribution is 2.28. The number of aromatic amines is 2. The smallest absolute Gasteiger partial charge is 0.326 e. The average molecular weight is 2100 g/mol. The summed E-state index contributed by atoms with van der Waals surface area (Å²) in [4.78, 5) is 345. The monoisotopic (exact) mass is 2100 g/mol. The van der Waals surface area contributed by atoms with Gasteiger partial charge in [0.15, 0.2) is 0 Å². The number of amides is 20. The van der Waals surface area contributed by atoms with Crippen molar-refractivity contribution in [3.63, 3.8) is 0 Å². The van der Waals surface area contributed by atoms with Crippen molar-refractivity contribution in [2.24, 2.45) is 58.3 Å². The summed E-state index contributed by atoms with van der Waals surface area (Å²) in [6, 6.07) is -22.8. The van der Waals surface area contributed by atoms with Gasteiger partial charge in [-0.15, -0.1) is 0 Å². The number of nitrogens with two attached hydrogens (primary N) is 5. The number of benzene rings is 1. The van der Waals surface area contributed by atoms with Gasteiger partial charge in [-0.3, -0.25) is 110 Å². The van der Waals surface area contributed by atoms with Crippen molar-refractivity contribution < 1.29 is 141 Å². The maximum atomic E-state index is 15.2. The van der Waals surface area contributed by atoms with Crippen LogP contribution in [0, 0.1) is 29.6 Å². The molecule has 824 valence electrons. The molecule has 3 fully saturated rings. The van der Waals surface area contributed by atoms with Gasteiger partial charge in [0, 0.05) is 67.9 Å². The van der Waals surface area contributed by atoms with Crippen LogP contribution in [-0.4, -0.2) is 339 Å². The number of carbonyl (C=O) groups is 24. The van der Waals surface area contributed by atoms with Gasteiger partial charge in [0.05, 0.1) is 51.1 Å². The number of imidazole rings is 1. The molecular weight excluding hydrogens is 1960 g/mol. The van der Waals surface area contributed by atoms with Crippen LogP contribution in [0.4, 0.5) is 0 Å². The van der Waals surface area contributed by atoms with E-state index in [0.29, 0.717) is 28.6 Å². The first-order valence-electron chi connectivity index (χ1n) is 49.6. The molecule has 0 unspecified atom stereocenters. The first kappa shape index (κ1) is 123. The van der Waals surface area contributed by atoms with Crippen LogP contribution < -0.4 is 103 Å². The van der Waals surface area contributed by atoms with Crippen LogP contribution in [0.1, 0.15) is 209 Å². The largest absolute Gasteiger partial charge is 0.481 e. The maximum Gasteiger partial charge on any atom is 0.326 e. The number of aliphatic carboxylic acids is 4. The minimum absolute atomic E-state index is 0.00442. The number of H-pyrrole nitrogens is 2. The number of carboxylic acids is 4. The third-order valence-electron chi connectivity index (χ3n) is 24.9. The Hall–Kier alpha value is -14.9. The van der Waals surface area contributed by atoms with Crippen molar-refractivity contribution in [1.29, 1.82) is 0 Å². The molecule has 31 N–H and O–H groups in total. The molecule has 18 atom stereocenters. The van der Waals surface area contributed by atoms with Gasteiger partial charge in [0.25, 0.3) is 0 Å². The van der Waals surface area contributed by atoms with E-state index in [0.717, 1.165) is 9.80 Å². The van der Waals surface area contributed by atoms with E-state index >= 15 is 19.2 Å². The van der Waals surface area contributed by atoms with Crippen LogP contribution >= 0.6 is 0 Å². The van der Waals surface area contributed by atoms with Crippen LogP contribution in [0.5, 0.6) is 0 Å². The number of carboxylic acid groups (broad SMARTS) is 4. The standard InChI is InChI=1S/C95H145N25O29/c1-45(2)30-57(81(134)108-61(37-71(98)122)84(137)104-56(24-25-74(125)126)80(133)109-62(40-76(129)130)85(138)107-58(31-46(3)4)86(139)117-77(49(9)10)91(144)105-55(20-13-14-26-96)79(132)116-67(43-121)87(140)115-66(95(148)149)33-48(7)8)106-82(135)59(34-50-41-102-54-19-12-11-18-52(50)54)110-88(141)68-21-15-29-120(68)94(147)65(39-73(100)124)114-90(143)70-23-17-27-118(70)92(145)63(32-47(5)6)113-83(136)60(35-51-42-101-44-103-51)111-89(142)69-22-16-28-119(69)93(146)64(38-72(99)123)112-78(131)53(97)36-75(127)128/h11-12,18-19,41-42,44-49,53,55-70,77,102,121H,13-17,20-40,43,96-97H2,1-10H3,(H2,98,122)(H2,99,123)(H2,100,124)(H,101,103)(H,104,137)(H,105,144)(H,106,135)(H,107,138)(H,108,134)(H,109,133)(H,110,141)(H,111,142)(H,112,131)(H,113,136)(H,114,143)(H,115,140)(H,116,132)(H,117,139)(H,125,126)(H,127,128)(H,129,130)(H,148,149)/t53-,55-,56-,57-,58-,59-,60-,61-,62-,63-,64-,65-,66-,67-,68-,69-,70-,77-/m0/s1. The zero-order valence-corrected chi connectivity index (χ0v) is 85.1. The number of fused-ring (bicyclic) bond motifs is 1. The van der Waals surface area contributed by atoms with E-state index in [1.165, 1.54) is 31.3 Å². The molecule has 54 nitrogen and oxygen atoms in total. The third kappa shape index (κ3) is 39.0. The number of aromatic nitrogens is 3. The molecule has 149 heavy (non-hydrogen) atoms. The number of aliphatic hydroxyl groups excluding tert-OH is 1. The lowest BCUT2D eigenvalue weighted by atomic mass is 9.98. The van der Waals surface area contributed by atoms with E-state index in [1.54, 1.807) is 85.9 Å². The molecule has 54 heteroatoms. The summed E-state index contributed by atoms with van der Waals surface area (Å²) in [7, 11) is 0. The number of carbonyl (C=O) groups excluding carboxylic acids is 20. The summed E-state index contributed by atoms with van der Waals surface area (Å²) >= 11 is 0. The van der Waals surface area contributed by atoms with E-state index in [-0.39, 0.29) is 128 Å². The molecule has 2 aromatic heterocycles. The normalized spacial score (nSPS) is 17.5. The van der Waals surface area contributed by atoms with Crippen molar-refractivity contribution >= 4 is 153 Å². The minimum atomic E-state index is -2.16. The van der Waals surface area contributed by atoms with Crippen LogP contribution in [0.25, 0.3) is 10.9 Å². The minimum Gasteiger partial charge on any atom is -0.481 e. The number of para-hydroxylation sites is 1. The number of rotatable bonds is 63. The summed E-state index contributed by atoms with van der Waals surface area (Å²) in [5.41, 5.74) is 29.6. The number of primary amides is 3. The Morgan fingerprint density at radius 1 is 0.389 bits per heavy atom. The Bertz CT molecular complexity index is 5260. The fourth-order valence-electron chi connectivity index (χ4n) is 17.5. The van der Waals surface area contributed by atoms with Crippen molar-refractivity contribution in [3.05, 3.63) is 54.2 Å². The van der Waals surface area contributed by atoms with Crippen molar-refractivity contribution in [2.45, 2.75) is 319 Å². The molecule has 0 saturated carbocycles. The van der Waals surface area contributed by atoms with Crippen LogP contribution in [-0.2, 0) is 128 Å². The molecule has 0 aliphatic carbocycles. The summed E-state index contributed by atoms with van der Waals surface area (Å²) in [6.07, 6.45) is -2.57. The van der Waals surface area contributed by atoms with Crippen molar-refractivity contribution in [3.8, 4) is 0 Å². The van der Waals surface area contributed by atoms with Gasteiger partial charge < -0.3 is 153 Å². The highest BCUT2D eigenvalue weighted by atomic mass is 16.4. The topological polar surface area (TPSA) is 864 Å². The Balaban J connectivity index is 1.20. The van der Waals surface area contributed by atoms with Crippen LogP contribution in [0.2, 0.25) is 0 Å². The van der Waals surface area contributed by atoms with E-state index in [9.17, 15) is 121 Å². The maximum absolute atomic E-state index is 15.2. The molecular formula is C95H145N25O29. The number of nitrogens with one attached hydrogen (secondary N) is 16. The summed E-state index contributed by atoms with van der Waals surface area (Å²) < 4.78 is 0. The van der Waals surface area contributed by atoms with Crippen LogP contribution in [0.15, 0.2) is 43.0 Å². The lowest BCUT2D eigenvalue weighted by Crippen LogP contribution is -2.62.